The van der Waals surface area contributed by atoms with Crippen LogP contribution in [0, 0.1) is 0 Å². The van der Waals surface area contributed by atoms with Gasteiger partial charge in [-0.05, 0) is 24.3 Å². The van der Waals surface area contributed by atoms with Gasteiger partial charge in [0, 0.05) is 23.7 Å². The van der Waals surface area contributed by atoms with E-state index in [0.29, 0.717) is 29.1 Å². The molecule has 0 saturated carbocycles. The predicted octanol–water partition coefficient (Wildman–Crippen LogP) is 2.12. The second kappa shape index (κ2) is 8.14. The van der Waals surface area contributed by atoms with E-state index >= 15 is 0 Å². The highest BCUT2D eigenvalue weighted by Crippen LogP contribution is 2.22. The summed E-state index contributed by atoms with van der Waals surface area (Å²) in [4.78, 5) is 11.5. The van der Waals surface area contributed by atoms with Crippen molar-refractivity contribution in [3.8, 4) is 11.3 Å². The number of aromatic nitrogens is 1. The summed E-state index contributed by atoms with van der Waals surface area (Å²) in [6.07, 6.45) is 1.64. The van der Waals surface area contributed by atoms with Crippen LogP contribution in [0.25, 0.3) is 11.3 Å². The molecule has 8 heteroatoms. The van der Waals surface area contributed by atoms with Crippen LogP contribution in [0.5, 0.6) is 0 Å². The number of nitrogens with zero attached hydrogens (tertiary/aromatic N) is 3. The van der Waals surface area contributed by atoms with Crippen LogP contribution in [0.4, 0.5) is 0 Å². The van der Waals surface area contributed by atoms with Crippen LogP contribution in [0.1, 0.15) is 5.89 Å². The molecule has 0 radical (unpaired) electrons. The summed E-state index contributed by atoms with van der Waals surface area (Å²) in [5.74, 6) is 1.50. The first kappa shape index (κ1) is 16.8. The molecule has 0 bridgehead atoms. The zero-order chi connectivity index (χ0) is 16.8. The maximum Gasteiger partial charge on any atom is 0.235 e. The van der Waals surface area contributed by atoms with Gasteiger partial charge in [-0.25, -0.2) is 4.98 Å². The Morgan fingerprint density at radius 1 is 1.29 bits per heavy atom. The number of nitrogens with two attached hydrogens (primary N) is 1. The summed E-state index contributed by atoms with van der Waals surface area (Å²) in [5.41, 5.74) is 6.75. The van der Waals surface area contributed by atoms with Gasteiger partial charge in [-0.15, -0.1) is 0 Å². The lowest BCUT2D eigenvalue weighted by molar-refractivity contribution is 0.0441. The van der Waals surface area contributed by atoms with E-state index in [1.807, 2.05) is 12.1 Å². The molecule has 1 aromatic carbocycles. The van der Waals surface area contributed by atoms with Crippen molar-refractivity contribution in [1.29, 1.82) is 0 Å². The molecule has 0 aliphatic carbocycles. The zero-order valence-electron chi connectivity index (χ0n) is 13.2. The molecule has 1 fully saturated rings. The first-order valence-corrected chi connectivity index (χ1v) is 8.03. The molecule has 24 heavy (non-hydrogen) atoms. The van der Waals surface area contributed by atoms with Crippen LogP contribution in [0.2, 0.25) is 5.02 Å². The Kier molecular flexibility index (Phi) is 5.68. The maximum atomic E-state index is 5.87. The molecule has 1 saturated heterocycles. The molecule has 7 nitrogen and oxygen atoms in total. The molecule has 0 unspecified atom stereocenters. The van der Waals surface area contributed by atoms with Gasteiger partial charge >= 0.3 is 0 Å². The third-order valence-corrected chi connectivity index (χ3v) is 3.79. The first-order valence-electron chi connectivity index (χ1n) is 7.66. The highest BCUT2D eigenvalue weighted by atomic mass is 35.5. The number of oxime groups is 1. The fourth-order valence-corrected chi connectivity index (χ4v) is 2.44. The van der Waals surface area contributed by atoms with Crippen molar-refractivity contribution >= 4 is 17.4 Å². The molecule has 0 amide bonds. The van der Waals surface area contributed by atoms with Crippen molar-refractivity contribution < 1.29 is 14.0 Å². The second-order valence-electron chi connectivity index (χ2n) is 5.37. The summed E-state index contributed by atoms with van der Waals surface area (Å²) < 4.78 is 10.9. The number of benzene rings is 1. The molecule has 2 aromatic rings. The summed E-state index contributed by atoms with van der Waals surface area (Å²) in [6, 6.07) is 7.33. The van der Waals surface area contributed by atoms with E-state index in [0.717, 1.165) is 31.9 Å². The smallest absolute Gasteiger partial charge is 0.235 e. The van der Waals surface area contributed by atoms with Gasteiger partial charge in [0.2, 0.25) is 5.89 Å². The lowest BCUT2D eigenvalue weighted by Crippen LogP contribution is -2.41. The lowest BCUT2D eigenvalue weighted by atomic mass is 10.2. The van der Waals surface area contributed by atoms with E-state index < -0.39 is 0 Å². The van der Waals surface area contributed by atoms with E-state index in [9.17, 15) is 0 Å². The fourth-order valence-electron chi connectivity index (χ4n) is 2.31. The molecule has 2 N–H and O–H groups in total. The van der Waals surface area contributed by atoms with Crippen molar-refractivity contribution in [2.75, 3.05) is 32.8 Å². The summed E-state index contributed by atoms with van der Waals surface area (Å²) in [7, 11) is 0. The minimum absolute atomic E-state index is 0.122. The van der Waals surface area contributed by atoms with Gasteiger partial charge in [0.05, 0.1) is 26.0 Å². The SMILES string of the molecule is NC(CN1CCOCC1)=NOCc1ncc(-c2ccc(Cl)cc2)o1. The van der Waals surface area contributed by atoms with Crippen LogP contribution in [-0.2, 0) is 16.2 Å². The Morgan fingerprint density at radius 2 is 2.04 bits per heavy atom. The minimum Gasteiger partial charge on any atom is -0.437 e. The highest BCUT2D eigenvalue weighted by Gasteiger charge is 2.12. The number of amidine groups is 1. The Hall–Kier alpha value is -2.09. The number of hydrogen-bond acceptors (Lipinski definition) is 6. The lowest BCUT2D eigenvalue weighted by Gasteiger charge is -2.25. The molecule has 2 heterocycles. The molecule has 1 aromatic heterocycles. The predicted molar refractivity (Wildman–Crippen MR) is 90.6 cm³/mol. The van der Waals surface area contributed by atoms with Gasteiger partial charge in [-0.1, -0.05) is 16.8 Å². The summed E-state index contributed by atoms with van der Waals surface area (Å²) >= 11 is 5.87. The number of hydrogen-bond donors (Lipinski definition) is 1. The Morgan fingerprint density at radius 3 is 2.79 bits per heavy atom. The second-order valence-corrected chi connectivity index (χ2v) is 5.81. The molecule has 1 aliphatic heterocycles. The van der Waals surface area contributed by atoms with Crippen molar-refractivity contribution in [3.05, 3.63) is 41.4 Å². The minimum atomic E-state index is 0.122. The molecule has 3 rings (SSSR count). The molecular formula is C16H19ClN4O3. The normalized spacial score (nSPS) is 16.3. The molecular weight excluding hydrogens is 332 g/mol. The molecule has 128 valence electrons. The van der Waals surface area contributed by atoms with Crippen LogP contribution in [0.3, 0.4) is 0 Å². The number of halogens is 1. The zero-order valence-corrected chi connectivity index (χ0v) is 13.9. The van der Waals surface area contributed by atoms with Crippen molar-refractivity contribution in [2.24, 2.45) is 10.9 Å². The number of ether oxygens (including phenoxy) is 1. The average molecular weight is 351 g/mol. The Bertz CT molecular complexity index is 681. The van der Waals surface area contributed by atoms with E-state index in [-0.39, 0.29) is 6.61 Å². The largest absolute Gasteiger partial charge is 0.437 e. The van der Waals surface area contributed by atoms with Crippen molar-refractivity contribution in [1.82, 2.24) is 9.88 Å². The fraction of sp³-hybridized carbons (Fsp3) is 0.375. The third-order valence-electron chi connectivity index (χ3n) is 3.54. The van der Waals surface area contributed by atoms with Gasteiger partial charge in [0.25, 0.3) is 0 Å². The quantitative estimate of drug-likeness (QED) is 0.488. The van der Waals surface area contributed by atoms with Crippen LogP contribution < -0.4 is 5.73 Å². The molecule has 0 atom stereocenters. The van der Waals surface area contributed by atoms with Crippen LogP contribution in [0.15, 0.2) is 40.0 Å². The van der Waals surface area contributed by atoms with Gasteiger partial charge in [0.1, 0.15) is 0 Å². The summed E-state index contributed by atoms with van der Waals surface area (Å²) in [5, 5.41) is 4.57. The molecule has 0 spiro atoms. The number of rotatable bonds is 6. The van der Waals surface area contributed by atoms with Crippen LogP contribution >= 0.6 is 11.6 Å². The van der Waals surface area contributed by atoms with E-state index in [4.69, 9.17) is 31.3 Å². The topological polar surface area (TPSA) is 86.1 Å². The van der Waals surface area contributed by atoms with Gasteiger partial charge < -0.3 is 19.7 Å². The van der Waals surface area contributed by atoms with Crippen LogP contribution in [-0.4, -0.2) is 48.6 Å². The van der Waals surface area contributed by atoms with Gasteiger partial charge in [-0.2, -0.15) is 0 Å². The average Bonchev–Trinajstić information content (AvgIpc) is 3.05. The highest BCUT2D eigenvalue weighted by molar-refractivity contribution is 6.30. The Labute approximate surface area is 145 Å². The van der Waals surface area contributed by atoms with Gasteiger partial charge in [0.15, 0.2) is 18.2 Å². The Balaban J connectivity index is 1.49. The van der Waals surface area contributed by atoms with Crippen molar-refractivity contribution in [2.45, 2.75) is 6.61 Å². The number of morpholine rings is 1. The van der Waals surface area contributed by atoms with E-state index in [1.165, 1.54) is 0 Å². The van der Waals surface area contributed by atoms with E-state index in [2.05, 4.69) is 15.0 Å². The monoisotopic (exact) mass is 350 g/mol. The third kappa shape index (κ3) is 4.70. The number of oxazole rings is 1. The summed E-state index contributed by atoms with van der Waals surface area (Å²) in [6.45, 7) is 3.82. The standard InChI is InChI=1S/C16H19ClN4O3/c17-13-3-1-12(2-4-13)14-9-19-16(24-14)11-23-20-15(18)10-21-5-7-22-8-6-21/h1-4,9H,5-8,10-11H2,(H2,18,20). The van der Waals surface area contributed by atoms with Crippen molar-refractivity contribution in [3.63, 3.8) is 0 Å². The van der Waals surface area contributed by atoms with Gasteiger partial charge in [-0.3, -0.25) is 4.90 Å². The maximum absolute atomic E-state index is 5.87. The van der Waals surface area contributed by atoms with E-state index in [1.54, 1.807) is 18.3 Å². The first-order chi connectivity index (χ1) is 11.7. The molecule has 1 aliphatic rings.